The van der Waals surface area contributed by atoms with Gasteiger partial charge in [-0.25, -0.2) is 0 Å². The minimum atomic E-state index is -0.0367. The van der Waals surface area contributed by atoms with Gasteiger partial charge < -0.3 is 10.6 Å². The molecule has 0 unspecified atom stereocenters. The van der Waals surface area contributed by atoms with E-state index < -0.39 is 0 Å². The summed E-state index contributed by atoms with van der Waals surface area (Å²) >= 11 is 6.00. The Kier molecular flexibility index (Phi) is 4.64. The highest BCUT2D eigenvalue weighted by Gasteiger charge is 2.16. The monoisotopic (exact) mass is 277 g/mol. The standard InChI is InChI=1S/C14H16ClN3O/c15-12-6-5-10(8-16)7-13(12)17-9-14(19)18-11-3-1-2-4-11/h5-7,11,17H,1-4,9H2,(H,18,19). The third-order valence-electron chi connectivity index (χ3n) is 3.26. The number of carbonyl (C=O) groups excluding carboxylic acids is 1. The van der Waals surface area contributed by atoms with Gasteiger partial charge in [0.2, 0.25) is 5.91 Å². The number of hydrogen-bond acceptors (Lipinski definition) is 3. The van der Waals surface area contributed by atoms with Gasteiger partial charge in [-0.05, 0) is 31.0 Å². The summed E-state index contributed by atoms with van der Waals surface area (Å²) in [6.07, 6.45) is 4.51. The number of anilines is 1. The van der Waals surface area contributed by atoms with Gasteiger partial charge in [0.1, 0.15) is 0 Å². The molecule has 0 aliphatic heterocycles. The number of carbonyl (C=O) groups is 1. The molecular weight excluding hydrogens is 262 g/mol. The van der Waals surface area contributed by atoms with Crippen molar-refractivity contribution in [2.75, 3.05) is 11.9 Å². The Morgan fingerprint density at radius 2 is 2.16 bits per heavy atom. The van der Waals surface area contributed by atoms with Crippen molar-refractivity contribution >= 4 is 23.2 Å². The van der Waals surface area contributed by atoms with Crippen LogP contribution in [-0.2, 0) is 4.79 Å². The van der Waals surface area contributed by atoms with Crippen LogP contribution >= 0.6 is 11.6 Å². The summed E-state index contributed by atoms with van der Waals surface area (Å²) < 4.78 is 0. The lowest BCUT2D eigenvalue weighted by Gasteiger charge is -2.13. The van der Waals surface area contributed by atoms with Gasteiger partial charge in [-0.2, -0.15) is 5.26 Å². The van der Waals surface area contributed by atoms with E-state index in [4.69, 9.17) is 16.9 Å². The summed E-state index contributed by atoms with van der Waals surface area (Å²) in [7, 11) is 0. The maximum absolute atomic E-state index is 11.8. The summed E-state index contributed by atoms with van der Waals surface area (Å²) in [5.41, 5.74) is 1.13. The van der Waals surface area contributed by atoms with E-state index in [0.717, 1.165) is 12.8 Å². The molecule has 4 nitrogen and oxygen atoms in total. The Morgan fingerprint density at radius 1 is 1.42 bits per heavy atom. The van der Waals surface area contributed by atoms with E-state index in [-0.39, 0.29) is 12.5 Å². The molecule has 2 rings (SSSR count). The quantitative estimate of drug-likeness (QED) is 0.889. The molecular formula is C14H16ClN3O. The number of nitrogens with one attached hydrogen (secondary N) is 2. The van der Waals surface area contributed by atoms with Crippen molar-refractivity contribution < 1.29 is 4.79 Å². The third kappa shape index (κ3) is 3.87. The van der Waals surface area contributed by atoms with Crippen LogP contribution < -0.4 is 10.6 Å². The highest BCUT2D eigenvalue weighted by molar-refractivity contribution is 6.33. The lowest BCUT2D eigenvalue weighted by molar-refractivity contribution is -0.120. The normalized spacial score (nSPS) is 14.9. The maximum atomic E-state index is 11.8. The van der Waals surface area contributed by atoms with E-state index in [1.165, 1.54) is 12.8 Å². The van der Waals surface area contributed by atoms with Gasteiger partial charge in [0.15, 0.2) is 0 Å². The van der Waals surface area contributed by atoms with E-state index in [1.807, 2.05) is 6.07 Å². The molecule has 0 atom stereocenters. The molecule has 0 spiro atoms. The maximum Gasteiger partial charge on any atom is 0.239 e. The highest BCUT2D eigenvalue weighted by atomic mass is 35.5. The fourth-order valence-corrected chi connectivity index (χ4v) is 2.44. The van der Waals surface area contributed by atoms with Crippen molar-refractivity contribution in [2.24, 2.45) is 0 Å². The molecule has 100 valence electrons. The number of rotatable bonds is 4. The summed E-state index contributed by atoms with van der Waals surface area (Å²) in [5, 5.41) is 15.3. The summed E-state index contributed by atoms with van der Waals surface area (Å²) in [5.74, 6) is -0.0367. The number of nitriles is 1. The molecule has 1 saturated carbocycles. The first-order valence-corrected chi connectivity index (χ1v) is 6.79. The summed E-state index contributed by atoms with van der Waals surface area (Å²) in [6.45, 7) is 0.172. The molecule has 1 aliphatic rings. The number of nitrogens with zero attached hydrogens (tertiary/aromatic N) is 1. The zero-order valence-electron chi connectivity index (χ0n) is 10.6. The molecule has 0 saturated heterocycles. The molecule has 19 heavy (non-hydrogen) atoms. The Morgan fingerprint density at radius 3 is 2.84 bits per heavy atom. The van der Waals surface area contributed by atoms with Crippen molar-refractivity contribution in [3.8, 4) is 6.07 Å². The number of benzene rings is 1. The first-order chi connectivity index (χ1) is 9.19. The SMILES string of the molecule is N#Cc1ccc(Cl)c(NCC(=O)NC2CCCC2)c1. The minimum Gasteiger partial charge on any atom is -0.375 e. The van der Waals surface area contributed by atoms with Crippen LogP contribution in [0.3, 0.4) is 0 Å². The smallest absolute Gasteiger partial charge is 0.239 e. The lowest BCUT2D eigenvalue weighted by atomic mass is 10.2. The molecule has 1 amide bonds. The Hall–Kier alpha value is -1.73. The van der Waals surface area contributed by atoms with E-state index >= 15 is 0 Å². The van der Waals surface area contributed by atoms with E-state index in [0.29, 0.717) is 22.3 Å². The van der Waals surface area contributed by atoms with E-state index in [2.05, 4.69) is 10.6 Å². The number of halogens is 1. The molecule has 1 aromatic rings. The Bertz CT molecular complexity index is 504. The second kappa shape index (κ2) is 6.44. The molecule has 0 radical (unpaired) electrons. The van der Waals surface area contributed by atoms with Crippen molar-refractivity contribution in [1.82, 2.24) is 5.32 Å². The van der Waals surface area contributed by atoms with Gasteiger partial charge in [-0.1, -0.05) is 24.4 Å². The van der Waals surface area contributed by atoms with Crippen molar-refractivity contribution in [3.63, 3.8) is 0 Å². The van der Waals surface area contributed by atoms with Crippen LogP contribution in [0, 0.1) is 11.3 Å². The van der Waals surface area contributed by atoms with Crippen LogP contribution in [0.2, 0.25) is 5.02 Å². The molecule has 2 N–H and O–H groups in total. The predicted octanol–water partition coefficient (Wildman–Crippen LogP) is 2.68. The van der Waals surface area contributed by atoms with Crippen LogP contribution in [0.5, 0.6) is 0 Å². The largest absolute Gasteiger partial charge is 0.375 e. The first kappa shape index (κ1) is 13.7. The van der Waals surface area contributed by atoms with Crippen molar-refractivity contribution in [1.29, 1.82) is 5.26 Å². The molecule has 1 aromatic carbocycles. The topological polar surface area (TPSA) is 64.9 Å². The van der Waals surface area contributed by atoms with Crippen LogP contribution in [0.25, 0.3) is 0 Å². The lowest BCUT2D eigenvalue weighted by Crippen LogP contribution is -2.36. The average molecular weight is 278 g/mol. The molecule has 0 bridgehead atoms. The third-order valence-corrected chi connectivity index (χ3v) is 3.58. The molecule has 0 heterocycles. The molecule has 1 aliphatic carbocycles. The van der Waals surface area contributed by atoms with Crippen LogP contribution in [-0.4, -0.2) is 18.5 Å². The zero-order valence-corrected chi connectivity index (χ0v) is 11.3. The first-order valence-electron chi connectivity index (χ1n) is 6.42. The van der Waals surface area contributed by atoms with Gasteiger partial charge >= 0.3 is 0 Å². The van der Waals surface area contributed by atoms with Gasteiger partial charge in [-0.15, -0.1) is 0 Å². The zero-order chi connectivity index (χ0) is 13.7. The van der Waals surface area contributed by atoms with Crippen LogP contribution in [0.15, 0.2) is 18.2 Å². The fraction of sp³-hybridized carbons (Fsp3) is 0.429. The van der Waals surface area contributed by atoms with Gasteiger partial charge in [-0.3, -0.25) is 4.79 Å². The fourth-order valence-electron chi connectivity index (χ4n) is 2.25. The van der Waals surface area contributed by atoms with Crippen molar-refractivity contribution in [3.05, 3.63) is 28.8 Å². The number of amides is 1. The van der Waals surface area contributed by atoms with Gasteiger partial charge in [0.25, 0.3) is 0 Å². The highest BCUT2D eigenvalue weighted by Crippen LogP contribution is 2.22. The molecule has 0 aromatic heterocycles. The molecule has 5 heteroatoms. The Labute approximate surface area is 117 Å². The van der Waals surface area contributed by atoms with Gasteiger partial charge in [0.05, 0.1) is 28.9 Å². The summed E-state index contributed by atoms with van der Waals surface area (Å²) in [6, 6.07) is 7.30. The average Bonchev–Trinajstić information content (AvgIpc) is 2.90. The second-order valence-electron chi connectivity index (χ2n) is 4.71. The van der Waals surface area contributed by atoms with E-state index in [1.54, 1.807) is 18.2 Å². The number of hydrogen-bond donors (Lipinski definition) is 2. The predicted molar refractivity (Wildman–Crippen MR) is 75.1 cm³/mol. The Balaban J connectivity index is 1.87. The second-order valence-corrected chi connectivity index (χ2v) is 5.12. The van der Waals surface area contributed by atoms with Crippen LogP contribution in [0.4, 0.5) is 5.69 Å². The van der Waals surface area contributed by atoms with Crippen LogP contribution in [0.1, 0.15) is 31.2 Å². The summed E-state index contributed by atoms with van der Waals surface area (Å²) in [4.78, 5) is 11.8. The van der Waals surface area contributed by atoms with Crippen molar-refractivity contribution in [2.45, 2.75) is 31.7 Å². The minimum absolute atomic E-state index is 0.0367. The molecule has 1 fully saturated rings. The van der Waals surface area contributed by atoms with E-state index in [9.17, 15) is 4.79 Å². The van der Waals surface area contributed by atoms with Gasteiger partial charge in [0, 0.05) is 6.04 Å².